The first-order valence-corrected chi connectivity index (χ1v) is 5.66. The molecule has 1 fully saturated rings. The summed E-state index contributed by atoms with van der Waals surface area (Å²) in [4.78, 5) is 0. The van der Waals surface area contributed by atoms with Crippen LogP contribution in [0.1, 0.15) is 19.3 Å². The maximum Gasteiger partial charge on any atom is 0.134 e. The van der Waals surface area contributed by atoms with Gasteiger partial charge in [-0.15, -0.1) is 0 Å². The summed E-state index contributed by atoms with van der Waals surface area (Å²) in [5, 5.41) is 9.60. The minimum Gasteiger partial charge on any atom is -0.487 e. The molecule has 0 aromatic heterocycles. The molecule has 0 amide bonds. The van der Waals surface area contributed by atoms with Crippen molar-refractivity contribution >= 4 is 15.9 Å². The molecule has 0 spiro atoms. The standard InChI is InChI=1S/C11H13BrO2/c12-8-4-1-2-6-10(8)14-11-7-3-5-9(11)13/h1-2,4,6,9,11,13H,3,5,7H2/t9-,11-/m0/s1. The Morgan fingerprint density at radius 2 is 2.07 bits per heavy atom. The second kappa shape index (κ2) is 4.32. The third kappa shape index (κ3) is 2.10. The number of para-hydroxylation sites is 1. The second-order valence-corrected chi connectivity index (χ2v) is 4.44. The zero-order valence-corrected chi connectivity index (χ0v) is 9.40. The number of hydrogen-bond acceptors (Lipinski definition) is 2. The highest BCUT2D eigenvalue weighted by atomic mass is 79.9. The largest absolute Gasteiger partial charge is 0.487 e. The van der Waals surface area contributed by atoms with E-state index in [0.717, 1.165) is 29.5 Å². The van der Waals surface area contributed by atoms with E-state index < -0.39 is 0 Å². The van der Waals surface area contributed by atoms with Gasteiger partial charge in [0.1, 0.15) is 11.9 Å². The number of aliphatic hydroxyl groups is 1. The van der Waals surface area contributed by atoms with Crippen molar-refractivity contribution in [3.8, 4) is 5.75 Å². The molecule has 0 bridgehead atoms. The first-order valence-electron chi connectivity index (χ1n) is 4.86. The van der Waals surface area contributed by atoms with E-state index in [-0.39, 0.29) is 12.2 Å². The van der Waals surface area contributed by atoms with Crippen molar-refractivity contribution in [2.24, 2.45) is 0 Å². The number of rotatable bonds is 2. The summed E-state index contributed by atoms with van der Waals surface area (Å²) in [6.07, 6.45) is 2.52. The third-order valence-corrected chi connectivity index (χ3v) is 3.19. The highest BCUT2D eigenvalue weighted by Gasteiger charge is 2.27. The van der Waals surface area contributed by atoms with Crippen LogP contribution in [0.15, 0.2) is 28.7 Å². The quantitative estimate of drug-likeness (QED) is 0.882. The smallest absolute Gasteiger partial charge is 0.134 e. The van der Waals surface area contributed by atoms with E-state index in [4.69, 9.17) is 4.74 Å². The normalized spacial score (nSPS) is 26.4. The molecule has 14 heavy (non-hydrogen) atoms. The highest BCUT2D eigenvalue weighted by molar-refractivity contribution is 9.10. The van der Waals surface area contributed by atoms with Crippen LogP contribution in [0.4, 0.5) is 0 Å². The molecule has 1 N–H and O–H groups in total. The molecule has 76 valence electrons. The third-order valence-electron chi connectivity index (χ3n) is 2.53. The number of ether oxygens (including phenoxy) is 1. The van der Waals surface area contributed by atoms with E-state index in [9.17, 15) is 5.11 Å². The van der Waals surface area contributed by atoms with Crippen LogP contribution < -0.4 is 4.74 Å². The summed E-state index contributed by atoms with van der Waals surface area (Å²) >= 11 is 3.42. The van der Waals surface area contributed by atoms with Gasteiger partial charge in [0.15, 0.2) is 0 Å². The molecule has 0 saturated heterocycles. The number of hydrogen-bond donors (Lipinski definition) is 1. The van der Waals surface area contributed by atoms with Gasteiger partial charge in [-0.05, 0) is 47.3 Å². The number of aliphatic hydroxyl groups excluding tert-OH is 1. The Hall–Kier alpha value is -0.540. The van der Waals surface area contributed by atoms with Crippen LogP contribution in [0.2, 0.25) is 0 Å². The molecule has 0 unspecified atom stereocenters. The highest BCUT2D eigenvalue weighted by Crippen LogP contribution is 2.29. The van der Waals surface area contributed by atoms with Crippen LogP contribution >= 0.6 is 15.9 Å². The Kier molecular flexibility index (Phi) is 3.08. The topological polar surface area (TPSA) is 29.5 Å². The minimum absolute atomic E-state index is 0.0336. The summed E-state index contributed by atoms with van der Waals surface area (Å²) in [5.41, 5.74) is 0. The van der Waals surface area contributed by atoms with Gasteiger partial charge < -0.3 is 9.84 Å². The van der Waals surface area contributed by atoms with Gasteiger partial charge in [0, 0.05) is 0 Å². The summed E-state index contributed by atoms with van der Waals surface area (Å²) in [6, 6.07) is 7.73. The van der Waals surface area contributed by atoms with E-state index in [0.29, 0.717) is 0 Å². The lowest BCUT2D eigenvalue weighted by atomic mass is 10.2. The fraction of sp³-hybridized carbons (Fsp3) is 0.455. The monoisotopic (exact) mass is 256 g/mol. The van der Waals surface area contributed by atoms with Gasteiger partial charge in [-0.1, -0.05) is 12.1 Å². The predicted molar refractivity (Wildman–Crippen MR) is 58.4 cm³/mol. The van der Waals surface area contributed by atoms with Gasteiger partial charge in [-0.25, -0.2) is 0 Å². The van der Waals surface area contributed by atoms with Crippen molar-refractivity contribution < 1.29 is 9.84 Å². The van der Waals surface area contributed by atoms with E-state index in [1.54, 1.807) is 0 Å². The first kappa shape index (κ1) is 9.99. The lowest BCUT2D eigenvalue weighted by molar-refractivity contribution is 0.0599. The van der Waals surface area contributed by atoms with Crippen molar-refractivity contribution in [3.05, 3.63) is 28.7 Å². The van der Waals surface area contributed by atoms with E-state index in [1.165, 1.54) is 0 Å². The predicted octanol–water partition coefficient (Wildman–Crippen LogP) is 2.74. The SMILES string of the molecule is O[C@H]1CCC[C@@H]1Oc1ccccc1Br. The maximum atomic E-state index is 9.60. The molecule has 0 heterocycles. The van der Waals surface area contributed by atoms with E-state index >= 15 is 0 Å². The lowest BCUT2D eigenvalue weighted by Crippen LogP contribution is -2.25. The Morgan fingerprint density at radius 1 is 1.29 bits per heavy atom. The second-order valence-electron chi connectivity index (χ2n) is 3.58. The van der Waals surface area contributed by atoms with Crippen LogP contribution in [0, 0.1) is 0 Å². The van der Waals surface area contributed by atoms with Gasteiger partial charge in [-0.3, -0.25) is 0 Å². The fourth-order valence-electron chi connectivity index (χ4n) is 1.75. The molecule has 3 heteroatoms. The van der Waals surface area contributed by atoms with Crippen LogP contribution in [0.3, 0.4) is 0 Å². The summed E-state index contributed by atoms with van der Waals surface area (Å²) in [7, 11) is 0. The summed E-state index contributed by atoms with van der Waals surface area (Å²) < 4.78 is 6.67. The van der Waals surface area contributed by atoms with Crippen molar-refractivity contribution in [1.82, 2.24) is 0 Å². The molecular formula is C11H13BrO2. The van der Waals surface area contributed by atoms with Crippen molar-refractivity contribution in [2.75, 3.05) is 0 Å². The van der Waals surface area contributed by atoms with Crippen LogP contribution in [-0.4, -0.2) is 17.3 Å². The average Bonchev–Trinajstić information content (AvgIpc) is 2.56. The fourth-order valence-corrected chi connectivity index (χ4v) is 2.13. The van der Waals surface area contributed by atoms with E-state index in [2.05, 4.69) is 15.9 Å². The van der Waals surface area contributed by atoms with Gasteiger partial charge in [0.25, 0.3) is 0 Å². The van der Waals surface area contributed by atoms with Crippen LogP contribution in [-0.2, 0) is 0 Å². The summed E-state index contributed by atoms with van der Waals surface area (Å²) in [6.45, 7) is 0. The molecule has 0 radical (unpaired) electrons. The van der Waals surface area contributed by atoms with Gasteiger partial charge in [0.05, 0.1) is 10.6 Å². The van der Waals surface area contributed by atoms with Crippen LogP contribution in [0.25, 0.3) is 0 Å². The molecule has 1 saturated carbocycles. The molecule has 1 aliphatic carbocycles. The van der Waals surface area contributed by atoms with E-state index in [1.807, 2.05) is 24.3 Å². The van der Waals surface area contributed by atoms with Gasteiger partial charge in [0.2, 0.25) is 0 Å². The molecular weight excluding hydrogens is 244 g/mol. The Labute approximate surface area is 92.0 Å². The van der Waals surface area contributed by atoms with Crippen molar-refractivity contribution in [2.45, 2.75) is 31.5 Å². The summed E-state index contributed by atoms with van der Waals surface area (Å²) in [5.74, 6) is 0.818. The Bertz CT molecular complexity index is 314. The molecule has 1 aliphatic rings. The van der Waals surface area contributed by atoms with Gasteiger partial charge >= 0.3 is 0 Å². The Balaban J connectivity index is 2.07. The molecule has 2 rings (SSSR count). The zero-order chi connectivity index (χ0) is 9.97. The molecule has 1 aromatic carbocycles. The van der Waals surface area contributed by atoms with Gasteiger partial charge in [-0.2, -0.15) is 0 Å². The molecule has 1 aromatic rings. The first-order chi connectivity index (χ1) is 6.77. The zero-order valence-electron chi connectivity index (χ0n) is 7.82. The maximum absolute atomic E-state index is 9.60. The number of benzene rings is 1. The Morgan fingerprint density at radius 3 is 2.71 bits per heavy atom. The minimum atomic E-state index is -0.304. The van der Waals surface area contributed by atoms with Crippen molar-refractivity contribution in [3.63, 3.8) is 0 Å². The van der Waals surface area contributed by atoms with Crippen LogP contribution in [0.5, 0.6) is 5.75 Å². The number of halogens is 1. The molecule has 0 aliphatic heterocycles. The molecule has 2 nitrogen and oxygen atoms in total. The van der Waals surface area contributed by atoms with Crippen molar-refractivity contribution in [1.29, 1.82) is 0 Å². The average molecular weight is 257 g/mol. The lowest BCUT2D eigenvalue weighted by Gasteiger charge is -2.17. The molecule has 2 atom stereocenters.